The molecule has 0 unspecified atom stereocenters. The Morgan fingerprint density at radius 2 is 1.86 bits per heavy atom. The highest BCUT2D eigenvalue weighted by Crippen LogP contribution is 2.23. The standard InChI is InChI=1S/C22H24N4O2/c1-15-8-5-6-11-21(15)24-22(27)25-23-14-18-12-16(2)26(17(18)3)19-9-7-10-20(13-19)28-4/h5-14H,1-4H3,(H2,24,25,27). The van der Waals surface area contributed by atoms with Crippen molar-refractivity contribution in [3.63, 3.8) is 0 Å². The Morgan fingerprint density at radius 3 is 2.61 bits per heavy atom. The number of anilines is 1. The van der Waals surface area contributed by atoms with Crippen LogP contribution in [0, 0.1) is 20.8 Å². The zero-order chi connectivity index (χ0) is 20.1. The van der Waals surface area contributed by atoms with Crippen molar-refractivity contribution in [2.24, 2.45) is 5.10 Å². The predicted molar refractivity (Wildman–Crippen MR) is 113 cm³/mol. The Balaban J connectivity index is 1.72. The highest BCUT2D eigenvalue weighted by atomic mass is 16.5. The molecule has 2 aromatic carbocycles. The van der Waals surface area contributed by atoms with Crippen molar-refractivity contribution in [1.29, 1.82) is 0 Å². The lowest BCUT2D eigenvalue weighted by Crippen LogP contribution is -2.24. The molecule has 2 N–H and O–H groups in total. The number of nitrogens with zero attached hydrogens (tertiary/aromatic N) is 2. The third kappa shape index (κ3) is 4.23. The number of rotatable bonds is 5. The molecule has 2 amide bonds. The van der Waals surface area contributed by atoms with E-state index in [0.717, 1.165) is 39.6 Å². The number of hydrogen-bond donors (Lipinski definition) is 2. The van der Waals surface area contributed by atoms with Gasteiger partial charge in [0.2, 0.25) is 0 Å². The average Bonchev–Trinajstić information content (AvgIpc) is 2.97. The van der Waals surface area contributed by atoms with Gasteiger partial charge < -0.3 is 14.6 Å². The van der Waals surface area contributed by atoms with E-state index in [0.29, 0.717) is 0 Å². The van der Waals surface area contributed by atoms with Crippen molar-refractivity contribution in [3.05, 3.63) is 77.1 Å². The quantitative estimate of drug-likeness (QED) is 0.506. The summed E-state index contributed by atoms with van der Waals surface area (Å²) in [5, 5.41) is 6.87. The summed E-state index contributed by atoms with van der Waals surface area (Å²) in [6, 6.07) is 17.1. The topological polar surface area (TPSA) is 67.6 Å². The van der Waals surface area contributed by atoms with Crippen LogP contribution in [0.15, 0.2) is 59.7 Å². The van der Waals surface area contributed by atoms with Crippen molar-refractivity contribution in [2.75, 3.05) is 12.4 Å². The molecule has 0 saturated heterocycles. The number of ether oxygens (including phenoxy) is 1. The number of carbonyl (C=O) groups is 1. The molecule has 0 aliphatic carbocycles. The molecule has 144 valence electrons. The zero-order valence-corrected chi connectivity index (χ0v) is 16.5. The van der Waals surface area contributed by atoms with Gasteiger partial charge in [-0.15, -0.1) is 0 Å². The van der Waals surface area contributed by atoms with E-state index in [1.54, 1.807) is 13.3 Å². The maximum Gasteiger partial charge on any atom is 0.339 e. The molecule has 1 aromatic heterocycles. The van der Waals surface area contributed by atoms with E-state index in [9.17, 15) is 4.79 Å². The van der Waals surface area contributed by atoms with Crippen molar-refractivity contribution in [1.82, 2.24) is 9.99 Å². The van der Waals surface area contributed by atoms with Crippen molar-refractivity contribution in [3.8, 4) is 11.4 Å². The van der Waals surface area contributed by atoms with Gasteiger partial charge in [0, 0.05) is 34.4 Å². The van der Waals surface area contributed by atoms with E-state index in [4.69, 9.17) is 4.74 Å². The maximum atomic E-state index is 12.0. The summed E-state index contributed by atoms with van der Waals surface area (Å²) >= 11 is 0. The molecule has 28 heavy (non-hydrogen) atoms. The average molecular weight is 376 g/mol. The molecule has 0 bridgehead atoms. The highest BCUT2D eigenvalue weighted by molar-refractivity contribution is 5.91. The van der Waals surface area contributed by atoms with Gasteiger partial charge >= 0.3 is 6.03 Å². The summed E-state index contributed by atoms with van der Waals surface area (Å²) in [5.74, 6) is 0.801. The fraction of sp³-hybridized carbons (Fsp3) is 0.182. The normalized spacial score (nSPS) is 10.9. The first-order valence-corrected chi connectivity index (χ1v) is 8.98. The number of nitrogens with one attached hydrogen (secondary N) is 2. The summed E-state index contributed by atoms with van der Waals surface area (Å²) < 4.78 is 7.44. The second-order valence-electron chi connectivity index (χ2n) is 6.50. The van der Waals surface area contributed by atoms with Crippen molar-refractivity contribution in [2.45, 2.75) is 20.8 Å². The molecule has 6 heteroatoms. The lowest BCUT2D eigenvalue weighted by Gasteiger charge is -2.11. The van der Waals surface area contributed by atoms with Crippen LogP contribution in [0.2, 0.25) is 0 Å². The Kier molecular flexibility index (Phi) is 5.79. The van der Waals surface area contributed by atoms with Crippen LogP contribution in [-0.2, 0) is 0 Å². The molecule has 0 spiro atoms. The Labute approximate surface area is 164 Å². The summed E-state index contributed by atoms with van der Waals surface area (Å²) in [4.78, 5) is 12.0. The molecule has 3 aromatic rings. The third-order valence-corrected chi connectivity index (χ3v) is 4.54. The van der Waals surface area contributed by atoms with E-state index in [1.165, 1.54) is 0 Å². The Morgan fingerprint density at radius 1 is 1.07 bits per heavy atom. The van der Waals surface area contributed by atoms with Gasteiger partial charge in [-0.2, -0.15) is 5.10 Å². The number of hydrazone groups is 1. The molecule has 1 heterocycles. The first-order chi connectivity index (χ1) is 13.5. The smallest absolute Gasteiger partial charge is 0.339 e. The maximum absolute atomic E-state index is 12.0. The summed E-state index contributed by atoms with van der Waals surface area (Å²) in [5.41, 5.74) is 8.29. The molecule has 6 nitrogen and oxygen atoms in total. The third-order valence-electron chi connectivity index (χ3n) is 4.54. The number of para-hydroxylation sites is 1. The van der Waals surface area contributed by atoms with Gasteiger partial charge in [0.1, 0.15) is 5.75 Å². The first-order valence-electron chi connectivity index (χ1n) is 8.98. The van der Waals surface area contributed by atoms with Crippen LogP contribution in [0.4, 0.5) is 10.5 Å². The number of benzene rings is 2. The fourth-order valence-corrected chi connectivity index (χ4v) is 3.09. The summed E-state index contributed by atoms with van der Waals surface area (Å²) in [7, 11) is 1.65. The SMILES string of the molecule is COc1cccc(-n2c(C)cc(C=NNC(=O)Nc3ccccc3C)c2C)c1. The van der Waals surface area contributed by atoms with Gasteiger partial charge in [0.05, 0.1) is 13.3 Å². The number of urea groups is 1. The molecule has 0 fully saturated rings. The number of amides is 2. The molecule has 0 saturated carbocycles. The van der Waals surface area contributed by atoms with Gasteiger partial charge in [-0.3, -0.25) is 0 Å². The number of aryl methyl sites for hydroxylation is 2. The van der Waals surface area contributed by atoms with Crippen LogP contribution in [0.5, 0.6) is 5.75 Å². The lowest BCUT2D eigenvalue weighted by molar-refractivity contribution is 0.252. The van der Waals surface area contributed by atoms with Crippen molar-refractivity contribution >= 4 is 17.9 Å². The minimum absolute atomic E-state index is 0.382. The Bertz CT molecular complexity index is 1020. The van der Waals surface area contributed by atoms with Gasteiger partial charge in [0.15, 0.2) is 0 Å². The van der Waals surface area contributed by atoms with E-state index in [-0.39, 0.29) is 6.03 Å². The number of hydrogen-bond acceptors (Lipinski definition) is 3. The van der Waals surface area contributed by atoms with Gasteiger partial charge in [-0.05, 0) is 50.6 Å². The van der Waals surface area contributed by atoms with Crippen LogP contribution in [0.25, 0.3) is 5.69 Å². The summed E-state index contributed by atoms with van der Waals surface area (Å²) in [6.07, 6.45) is 1.65. The van der Waals surface area contributed by atoms with Gasteiger partial charge in [0.25, 0.3) is 0 Å². The minimum atomic E-state index is -0.382. The largest absolute Gasteiger partial charge is 0.497 e. The van der Waals surface area contributed by atoms with Crippen molar-refractivity contribution < 1.29 is 9.53 Å². The second kappa shape index (κ2) is 8.43. The second-order valence-corrected chi connectivity index (χ2v) is 6.50. The number of aromatic nitrogens is 1. The van der Waals surface area contributed by atoms with E-state index < -0.39 is 0 Å². The molecule has 0 atom stereocenters. The number of methoxy groups -OCH3 is 1. The monoisotopic (exact) mass is 376 g/mol. The zero-order valence-electron chi connectivity index (χ0n) is 16.5. The Hall–Kier alpha value is -3.54. The van der Waals surface area contributed by atoms with Crippen LogP contribution in [0.1, 0.15) is 22.5 Å². The molecule has 0 aliphatic heterocycles. The summed E-state index contributed by atoms with van der Waals surface area (Å²) in [6.45, 7) is 5.98. The molecular weight excluding hydrogens is 352 g/mol. The molecular formula is C22H24N4O2. The van der Waals surface area contributed by atoms with Gasteiger partial charge in [-0.25, -0.2) is 10.2 Å². The van der Waals surface area contributed by atoms with E-state index in [1.807, 2.05) is 75.4 Å². The van der Waals surface area contributed by atoms with Crippen LogP contribution < -0.4 is 15.5 Å². The fourth-order valence-electron chi connectivity index (χ4n) is 3.09. The molecule has 3 rings (SSSR count). The van der Waals surface area contributed by atoms with Crippen LogP contribution in [0.3, 0.4) is 0 Å². The minimum Gasteiger partial charge on any atom is -0.497 e. The van der Waals surface area contributed by atoms with Gasteiger partial charge in [-0.1, -0.05) is 24.3 Å². The lowest BCUT2D eigenvalue weighted by atomic mass is 10.2. The van der Waals surface area contributed by atoms with E-state index in [2.05, 4.69) is 20.4 Å². The predicted octanol–water partition coefficient (Wildman–Crippen LogP) is 4.57. The molecule has 0 aliphatic rings. The molecule has 0 radical (unpaired) electrons. The van der Waals surface area contributed by atoms with Crippen LogP contribution in [-0.4, -0.2) is 23.9 Å². The highest BCUT2D eigenvalue weighted by Gasteiger charge is 2.10. The number of carbonyl (C=O) groups excluding carboxylic acids is 1. The van der Waals surface area contributed by atoms with Crippen LogP contribution >= 0.6 is 0 Å². The first kappa shape index (κ1) is 19.2. The van der Waals surface area contributed by atoms with E-state index >= 15 is 0 Å².